The summed E-state index contributed by atoms with van der Waals surface area (Å²) >= 11 is 1.59. The Kier molecular flexibility index (Phi) is 5.90. The van der Waals surface area contributed by atoms with Gasteiger partial charge in [-0.15, -0.1) is 11.3 Å². The first kappa shape index (κ1) is 17.0. The molecule has 0 saturated heterocycles. The maximum absolute atomic E-state index is 12.2. The number of amides is 1. The van der Waals surface area contributed by atoms with Crippen molar-refractivity contribution in [2.24, 2.45) is 0 Å². The largest absolute Gasteiger partial charge is 0.384 e. The van der Waals surface area contributed by atoms with Crippen LogP contribution in [0.4, 0.5) is 0 Å². The zero-order valence-corrected chi connectivity index (χ0v) is 14.6. The van der Waals surface area contributed by atoms with Crippen molar-refractivity contribution < 1.29 is 14.3 Å². The standard InChI is InChI=1S/C17H21N3O3S/c1-22-6-3-17(21)20-5-2-15-13(10-20)8-18-9-14(15)11-23-12-16-19-4-7-24-16/h4,7-9H,2-3,5-6,10-12H2,1H3. The summed E-state index contributed by atoms with van der Waals surface area (Å²) in [5.41, 5.74) is 3.48. The smallest absolute Gasteiger partial charge is 0.225 e. The van der Waals surface area contributed by atoms with E-state index >= 15 is 0 Å². The van der Waals surface area contributed by atoms with Gasteiger partial charge in [-0.3, -0.25) is 9.78 Å². The molecular weight excluding hydrogens is 326 g/mol. The quantitative estimate of drug-likeness (QED) is 0.768. The van der Waals surface area contributed by atoms with Crippen molar-refractivity contribution in [3.05, 3.63) is 45.7 Å². The lowest BCUT2D eigenvalue weighted by Gasteiger charge is -2.30. The summed E-state index contributed by atoms with van der Waals surface area (Å²) in [6, 6.07) is 0. The fraction of sp³-hybridized carbons (Fsp3) is 0.471. The third kappa shape index (κ3) is 4.17. The molecule has 0 fully saturated rings. The molecule has 3 heterocycles. The van der Waals surface area contributed by atoms with Gasteiger partial charge in [0.25, 0.3) is 0 Å². The minimum absolute atomic E-state index is 0.132. The van der Waals surface area contributed by atoms with Gasteiger partial charge in [0.05, 0.1) is 26.2 Å². The molecule has 24 heavy (non-hydrogen) atoms. The second kappa shape index (κ2) is 8.32. The molecule has 1 amide bonds. The molecular formula is C17H21N3O3S. The van der Waals surface area contributed by atoms with Crippen molar-refractivity contribution in [2.45, 2.75) is 32.6 Å². The van der Waals surface area contributed by atoms with Gasteiger partial charge in [-0.1, -0.05) is 0 Å². The van der Waals surface area contributed by atoms with Crippen LogP contribution >= 0.6 is 11.3 Å². The summed E-state index contributed by atoms with van der Waals surface area (Å²) in [4.78, 5) is 22.6. The Hall–Kier alpha value is -1.83. The highest BCUT2D eigenvalue weighted by atomic mass is 32.1. The van der Waals surface area contributed by atoms with Crippen molar-refractivity contribution in [1.29, 1.82) is 0 Å². The third-order valence-corrected chi connectivity index (χ3v) is 4.82. The Balaban J connectivity index is 1.60. The SMILES string of the molecule is COCCC(=O)N1CCc2c(COCc3nccs3)cncc2C1. The summed E-state index contributed by atoms with van der Waals surface area (Å²) < 4.78 is 10.8. The first-order valence-electron chi connectivity index (χ1n) is 7.95. The molecule has 0 N–H and O–H groups in total. The van der Waals surface area contributed by atoms with Crippen LogP contribution in [0.2, 0.25) is 0 Å². The van der Waals surface area contributed by atoms with Gasteiger partial charge >= 0.3 is 0 Å². The van der Waals surface area contributed by atoms with E-state index in [1.165, 1.54) is 5.56 Å². The lowest BCUT2D eigenvalue weighted by atomic mass is 9.97. The van der Waals surface area contributed by atoms with E-state index in [2.05, 4.69) is 9.97 Å². The number of thiazole rings is 1. The van der Waals surface area contributed by atoms with Gasteiger partial charge in [-0.05, 0) is 23.1 Å². The van der Waals surface area contributed by atoms with E-state index < -0.39 is 0 Å². The van der Waals surface area contributed by atoms with Crippen molar-refractivity contribution in [3.8, 4) is 0 Å². The van der Waals surface area contributed by atoms with Crippen molar-refractivity contribution in [3.63, 3.8) is 0 Å². The molecule has 0 radical (unpaired) electrons. The highest BCUT2D eigenvalue weighted by molar-refractivity contribution is 7.09. The second-order valence-corrected chi connectivity index (χ2v) is 6.64. The fourth-order valence-electron chi connectivity index (χ4n) is 2.83. The Morgan fingerprint density at radius 2 is 2.29 bits per heavy atom. The molecule has 3 rings (SSSR count). The Bertz CT molecular complexity index is 676. The first-order valence-corrected chi connectivity index (χ1v) is 8.83. The summed E-state index contributed by atoms with van der Waals surface area (Å²) in [7, 11) is 1.61. The Morgan fingerprint density at radius 1 is 1.38 bits per heavy atom. The van der Waals surface area contributed by atoms with Crippen LogP contribution in [-0.4, -0.2) is 41.0 Å². The summed E-state index contributed by atoms with van der Waals surface area (Å²) in [5, 5.41) is 2.92. The minimum Gasteiger partial charge on any atom is -0.384 e. The number of methoxy groups -OCH3 is 1. The van der Waals surface area contributed by atoms with Crippen molar-refractivity contribution in [1.82, 2.24) is 14.9 Å². The van der Waals surface area contributed by atoms with E-state index in [0.717, 1.165) is 29.1 Å². The third-order valence-electron chi connectivity index (χ3n) is 4.07. The number of pyridine rings is 1. The van der Waals surface area contributed by atoms with Crippen LogP contribution in [0.15, 0.2) is 24.0 Å². The maximum Gasteiger partial charge on any atom is 0.225 e. The first-order chi connectivity index (χ1) is 11.8. The van der Waals surface area contributed by atoms with Crippen molar-refractivity contribution in [2.75, 3.05) is 20.3 Å². The van der Waals surface area contributed by atoms with Crippen LogP contribution in [0, 0.1) is 0 Å². The van der Waals surface area contributed by atoms with E-state index in [1.54, 1.807) is 24.6 Å². The molecule has 1 aliphatic heterocycles. The van der Waals surface area contributed by atoms with Crippen LogP contribution in [-0.2, 0) is 40.4 Å². The van der Waals surface area contributed by atoms with Crippen molar-refractivity contribution >= 4 is 17.2 Å². The zero-order chi connectivity index (χ0) is 16.8. The molecule has 0 bridgehead atoms. The Morgan fingerprint density at radius 3 is 3.08 bits per heavy atom. The number of aromatic nitrogens is 2. The molecule has 2 aromatic heterocycles. The van der Waals surface area contributed by atoms with Gasteiger partial charge in [0.1, 0.15) is 5.01 Å². The van der Waals surface area contributed by atoms with E-state index in [1.807, 2.05) is 22.7 Å². The van der Waals surface area contributed by atoms with Crippen LogP contribution in [0.25, 0.3) is 0 Å². The average Bonchev–Trinajstić information content (AvgIpc) is 3.12. The monoisotopic (exact) mass is 347 g/mol. The molecule has 6 nitrogen and oxygen atoms in total. The maximum atomic E-state index is 12.2. The molecule has 0 spiro atoms. The van der Waals surface area contributed by atoms with Gasteiger partial charge in [0, 0.05) is 44.2 Å². The summed E-state index contributed by atoms with van der Waals surface area (Å²) in [6.07, 6.45) is 6.77. The fourth-order valence-corrected chi connectivity index (χ4v) is 3.38. The molecule has 0 aromatic carbocycles. The number of hydrogen-bond acceptors (Lipinski definition) is 6. The predicted molar refractivity (Wildman–Crippen MR) is 90.5 cm³/mol. The highest BCUT2D eigenvalue weighted by Crippen LogP contribution is 2.23. The topological polar surface area (TPSA) is 64.5 Å². The zero-order valence-electron chi connectivity index (χ0n) is 13.7. The second-order valence-electron chi connectivity index (χ2n) is 5.66. The number of fused-ring (bicyclic) bond motifs is 1. The number of rotatable bonds is 7. The van der Waals surface area contributed by atoms with Gasteiger partial charge < -0.3 is 14.4 Å². The highest BCUT2D eigenvalue weighted by Gasteiger charge is 2.22. The lowest BCUT2D eigenvalue weighted by Crippen LogP contribution is -2.36. The normalized spacial score (nSPS) is 13.8. The molecule has 0 saturated carbocycles. The van der Waals surface area contributed by atoms with E-state index in [-0.39, 0.29) is 5.91 Å². The van der Waals surface area contributed by atoms with Gasteiger partial charge in [0.2, 0.25) is 5.91 Å². The van der Waals surface area contributed by atoms with E-state index in [0.29, 0.717) is 32.8 Å². The predicted octanol–water partition coefficient (Wildman–Crippen LogP) is 2.18. The number of carbonyl (C=O) groups is 1. The molecule has 2 aromatic rings. The molecule has 0 atom stereocenters. The van der Waals surface area contributed by atoms with Gasteiger partial charge in [0.15, 0.2) is 0 Å². The van der Waals surface area contributed by atoms with E-state index in [9.17, 15) is 4.79 Å². The number of ether oxygens (including phenoxy) is 2. The van der Waals surface area contributed by atoms with Crippen LogP contribution in [0.5, 0.6) is 0 Å². The summed E-state index contributed by atoms with van der Waals surface area (Å²) in [6.45, 7) is 2.85. The molecule has 7 heteroatoms. The summed E-state index contributed by atoms with van der Waals surface area (Å²) in [5.74, 6) is 0.132. The van der Waals surface area contributed by atoms with E-state index in [4.69, 9.17) is 9.47 Å². The van der Waals surface area contributed by atoms with Crippen LogP contribution in [0.1, 0.15) is 28.1 Å². The average molecular weight is 347 g/mol. The number of hydrogen-bond donors (Lipinski definition) is 0. The molecule has 0 unspecified atom stereocenters. The molecule has 0 aliphatic carbocycles. The lowest BCUT2D eigenvalue weighted by molar-refractivity contribution is -0.133. The van der Waals surface area contributed by atoms with Crippen LogP contribution in [0.3, 0.4) is 0 Å². The molecule has 128 valence electrons. The Labute approximate surface area is 145 Å². The van der Waals surface area contributed by atoms with Gasteiger partial charge in [-0.25, -0.2) is 4.98 Å². The minimum atomic E-state index is 0.132. The van der Waals surface area contributed by atoms with Crippen LogP contribution < -0.4 is 0 Å². The number of carbonyl (C=O) groups excluding carboxylic acids is 1. The van der Waals surface area contributed by atoms with Gasteiger partial charge in [-0.2, -0.15) is 0 Å². The number of nitrogens with zero attached hydrogens (tertiary/aromatic N) is 3. The molecule has 1 aliphatic rings.